The van der Waals surface area contributed by atoms with E-state index in [1.807, 2.05) is 37.3 Å². The maximum absolute atomic E-state index is 12.1. The molecule has 0 aliphatic rings. The highest BCUT2D eigenvalue weighted by Crippen LogP contribution is 2.16. The van der Waals surface area contributed by atoms with Gasteiger partial charge in [0.2, 0.25) is 5.95 Å². The minimum absolute atomic E-state index is 0.122. The van der Waals surface area contributed by atoms with E-state index in [1.54, 1.807) is 0 Å². The van der Waals surface area contributed by atoms with Crippen molar-refractivity contribution >= 4 is 5.95 Å². The third-order valence-corrected chi connectivity index (χ3v) is 2.75. The number of hydrogen-bond acceptors (Lipinski definition) is 5. The summed E-state index contributed by atoms with van der Waals surface area (Å²) in [6.45, 7) is 2.46. The summed E-state index contributed by atoms with van der Waals surface area (Å²) in [7, 11) is 0. The highest BCUT2D eigenvalue weighted by atomic mass is 16.1. The van der Waals surface area contributed by atoms with Crippen molar-refractivity contribution in [2.24, 2.45) is 5.84 Å². The molecular weight excluding hydrogens is 254 g/mol. The molecule has 6 nitrogen and oxygen atoms in total. The number of aromatic nitrogens is 3. The van der Waals surface area contributed by atoms with Crippen molar-refractivity contribution in [2.45, 2.75) is 13.5 Å². The fourth-order valence-corrected chi connectivity index (χ4v) is 1.81. The predicted molar refractivity (Wildman–Crippen MR) is 77.8 cm³/mol. The lowest BCUT2D eigenvalue weighted by Crippen LogP contribution is -2.36. The van der Waals surface area contributed by atoms with Crippen LogP contribution in [0.5, 0.6) is 0 Å². The highest BCUT2D eigenvalue weighted by Gasteiger charge is 2.13. The number of nitrogens with zero attached hydrogens (tertiary/aromatic N) is 4. The van der Waals surface area contributed by atoms with E-state index in [-0.39, 0.29) is 12.5 Å². The summed E-state index contributed by atoms with van der Waals surface area (Å²) in [6, 6.07) is 9.40. The molecule has 0 fully saturated rings. The second kappa shape index (κ2) is 5.99. The van der Waals surface area contributed by atoms with Crippen LogP contribution in [-0.4, -0.2) is 21.1 Å². The van der Waals surface area contributed by atoms with Gasteiger partial charge in [-0.05, 0) is 6.92 Å². The number of hydrogen-bond donors (Lipinski definition) is 1. The van der Waals surface area contributed by atoms with Gasteiger partial charge in [0.25, 0.3) is 0 Å². The van der Waals surface area contributed by atoms with Crippen molar-refractivity contribution in [3.05, 3.63) is 40.8 Å². The predicted octanol–water partition coefficient (Wildman–Crippen LogP) is 0.639. The van der Waals surface area contributed by atoms with E-state index < -0.39 is 5.69 Å². The lowest BCUT2D eigenvalue weighted by Gasteiger charge is -2.16. The first kappa shape index (κ1) is 13.8. The van der Waals surface area contributed by atoms with Crippen LogP contribution in [0.3, 0.4) is 0 Å². The summed E-state index contributed by atoms with van der Waals surface area (Å²) in [4.78, 5) is 20.3. The molecule has 102 valence electrons. The molecule has 20 heavy (non-hydrogen) atoms. The Kier molecular flexibility index (Phi) is 4.13. The first-order chi connectivity index (χ1) is 9.67. The normalized spacial score (nSPS) is 10.1. The quantitative estimate of drug-likeness (QED) is 0.500. The number of nitrogens with two attached hydrogens (primary N) is 1. The Morgan fingerprint density at radius 2 is 2.05 bits per heavy atom. The number of benzene rings is 1. The van der Waals surface area contributed by atoms with Gasteiger partial charge in [0.1, 0.15) is 5.82 Å². The molecule has 0 spiro atoms. The molecule has 2 N–H and O–H groups in total. The van der Waals surface area contributed by atoms with Gasteiger partial charge in [-0.1, -0.05) is 36.3 Å². The zero-order chi connectivity index (χ0) is 14.5. The zero-order valence-electron chi connectivity index (χ0n) is 11.2. The fourth-order valence-electron chi connectivity index (χ4n) is 1.81. The van der Waals surface area contributed by atoms with Gasteiger partial charge < -0.3 is 0 Å². The Bertz CT molecular complexity index is 687. The Morgan fingerprint density at radius 3 is 2.65 bits per heavy atom. The van der Waals surface area contributed by atoms with E-state index in [4.69, 9.17) is 12.3 Å². The molecule has 0 unspecified atom stereocenters. The van der Waals surface area contributed by atoms with E-state index in [9.17, 15) is 4.79 Å². The molecule has 2 aromatic rings. The monoisotopic (exact) mass is 269 g/mol. The summed E-state index contributed by atoms with van der Waals surface area (Å²) in [5.74, 6) is 8.76. The van der Waals surface area contributed by atoms with E-state index in [0.717, 1.165) is 5.56 Å². The van der Waals surface area contributed by atoms with Gasteiger partial charge in [0.05, 0.1) is 6.54 Å². The largest absolute Gasteiger partial charge is 0.352 e. The van der Waals surface area contributed by atoms with Crippen LogP contribution >= 0.6 is 0 Å². The van der Waals surface area contributed by atoms with Crippen LogP contribution in [0.2, 0.25) is 0 Å². The van der Waals surface area contributed by atoms with Gasteiger partial charge in [-0.15, -0.1) is 6.42 Å². The highest BCUT2D eigenvalue weighted by molar-refractivity contribution is 5.56. The summed E-state index contributed by atoms with van der Waals surface area (Å²) in [5, 5.41) is 1.17. The Balaban J connectivity index is 2.60. The Labute approximate surface area is 116 Å². The minimum Gasteiger partial charge on any atom is -0.276 e. The van der Waals surface area contributed by atoms with Gasteiger partial charge in [0, 0.05) is 12.1 Å². The van der Waals surface area contributed by atoms with Gasteiger partial charge in [-0.25, -0.2) is 10.6 Å². The lowest BCUT2D eigenvalue weighted by atomic mass is 10.2. The third-order valence-electron chi connectivity index (χ3n) is 2.75. The average Bonchev–Trinajstić information content (AvgIpc) is 2.47. The van der Waals surface area contributed by atoms with Crippen LogP contribution in [0.4, 0.5) is 5.95 Å². The molecule has 1 heterocycles. The van der Waals surface area contributed by atoms with Gasteiger partial charge in [-0.2, -0.15) is 9.97 Å². The minimum atomic E-state index is -0.399. The molecule has 0 amide bonds. The van der Waals surface area contributed by atoms with Gasteiger partial charge in [0.15, 0.2) is 0 Å². The summed E-state index contributed by atoms with van der Waals surface area (Å²) < 4.78 is 1.49. The van der Waals surface area contributed by atoms with Crippen LogP contribution in [0.25, 0.3) is 11.4 Å². The van der Waals surface area contributed by atoms with Crippen LogP contribution in [-0.2, 0) is 6.54 Å². The molecule has 0 saturated carbocycles. The van der Waals surface area contributed by atoms with Crippen molar-refractivity contribution < 1.29 is 0 Å². The van der Waals surface area contributed by atoms with Crippen molar-refractivity contribution in [3.8, 4) is 23.7 Å². The fraction of sp³-hybridized carbons (Fsp3) is 0.214. The van der Waals surface area contributed by atoms with Crippen molar-refractivity contribution in [2.75, 3.05) is 11.6 Å². The molecule has 1 aromatic carbocycles. The first-order valence-electron chi connectivity index (χ1n) is 6.17. The van der Waals surface area contributed by atoms with Crippen LogP contribution < -0.4 is 16.5 Å². The molecule has 0 radical (unpaired) electrons. The number of anilines is 1. The molecule has 0 aliphatic heterocycles. The van der Waals surface area contributed by atoms with Crippen molar-refractivity contribution in [1.82, 2.24) is 14.5 Å². The van der Waals surface area contributed by atoms with Crippen molar-refractivity contribution in [3.63, 3.8) is 0 Å². The number of terminal acetylenes is 1. The van der Waals surface area contributed by atoms with Gasteiger partial charge in [-0.3, -0.25) is 9.58 Å². The van der Waals surface area contributed by atoms with E-state index >= 15 is 0 Å². The third kappa shape index (κ3) is 2.68. The first-order valence-corrected chi connectivity index (χ1v) is 6.17. The topological polar surface area (TPSA) is 77.0 Å². The van der Waals surface area contributed by atoms with E-state index in [0.29, 0.717) is 12.4 Å². The summed E-state index contributed by atoms with van der Waals surface area (Å²) in [6.07, 6.45) is 5.20. The van der Waals surface area contributed by atoms with E-state index in [1.165, 1.54) is 9.58 Å². The van der Waals surface area contributed by atoms with E-state index in [2.05, 4.69) is 15.9 Å². The summed E-state index contributed by atoms with van der Waals surface area (Å²) in [5.41, 5.74) is 0.424. The van der Waals surface area contributed by atoms with Crippen LogP contribution in [0.1, 0.15) is 6.92 Å². The molecule has 0 saturated heterocycles. The maximum Gasteiger partial charge on any atom is 0.352 e. The Morgan fingerprint density at radius 1 is 1.35 bits per heavy atom. The molecule has 0 aliphatic carbocycles. The zero-order valence-corrected chi connectivity index (χ0v) is 11.2. The van der Waals surface area contributed by atoms with Crippen molar-refractivity contribution in [1.29, 1.82) is 0 Å². The molecule has 1 aromatic heterocycles. The average molecular weight is 269 g/mol. The smallest absolute Gasteiger partial charge is 0.276 e. The SMILES string of the molecule is C#CCN(N)c1nc(-c2ccccc2)n(CC)c(=O)n1. The lowest BCUT2D eigenvalue weighted by molar-refractivity contribution is 0.677. The standard InChI is InChI=1S/C14H15N5O/c1-3-10-19(15)13-16-12(11-8-6-5-7-9-11)18(4-2)14(20)17-13/h1,5-9H,4,10,15H2,2H3. The number of rotatable bonds is 4. The molecular formula is C14H15N5O. The molecule has 0 atom stereocenters. The summed E-state index contributed by atoms with van der Waals surface area (Å²) >= 11 is 0. The van der Waals surface area contributed by atoms with Crippen LogP contribution in [0, 0.1) is 12.3 Å². The van der Waals surface area contributed by atoms with Crippen LogP contribution in [0.15, 0.2) is 35.1 Å². The molecule has 2 rings (SSSR count). The van der Waals surface area contributed by atoms with Gasteiger partial charge >= 0.3 is 5.69 Å². The molecule has 0 bridgehead atoms. The second-order valence-electron chi connectivity index (χ2n) is 4.07. The second-order valence-corrected chi connectivity index (χ2v) is 4.07. The maximum atomic E-state index is 12.1. The number of hydrazine groups is 1. The Hall–Kier alpha value is -2.65. The molecule has 6 heteroatoms.